The summed E-state index contributed by atoms with van der Waals surface area (Å²) in [5.41, 5.74) is 6.79. The molecule has 2 aromatic rings. The van der Waals surface area contributed by atoms with Gasteiger partial charge in [0.1, 0.15) is 5.69 Å². The Labute approximate surface area is 97.0 Å². The summed E-state index contributed by atoms with van der Waals surface area (Å²) in [5, 5.41) is 10.7. The molecule has 1 aromatic carbocycles. The Hall–Kier alpha value is -2.63. The maximum Gasteiger partial charge on any atom is 0.294 e. The molecule has 0 amide bonds. The van der Waals surface area contributed by atoms with E-state index in [1.807, 2.05) is 12.1 Å². The maximum absolute atomic E-state index is 10.7. The van der Waals surface area contributed by atoms with Crippen molar-refractivity contribution in [3.05, 3.63) is 52.3 Å². The zero-order valence-corrected chi connectivity index (χ0v) is 8.83. The third-order valence-corrected chi connectivity index (χ3v) is 2.19. The Bertz CT molecular complexity index is 561. The number of nitrogen functional groups attached to an aromatic ring is 1. The lowest BCUT2D eigenvalue weighted by Crippen LogP contribution is -1.94. The summed E-state index contributed by atoms with van der Waals surface area (Å²) in [6.07, 6.45) is 3.36. The monoisotopic (exact) mass is 230 g/mol. The number of nitrogens with two attached hydrogens (primary N) is 1. The fraction of sp³-hybridized carbons (Fsp3) is 0. The largest absolute Gasteiger partial charge is 0.393 e. The van der Waals surface area contributed by atoms with Gasteiger partial charge in [-0.15, -0.1) is 0 Å². The van der Waals surface area contributed by atoms with Crippen LogP contribution in [0.4, 0.5) is 17.1 Å². The molecule has 0 aliphatic rings. The predicted molar refractivity (Wildman–Crippen MR) is 65.6 cm³/mol. The van der Waals surface area contributed by atoms with Crippen LogP contribution in [-0.2, 0) is 0 Å². The first-order valence-electron chi connectivity index (χ1n) is 4.88. The third-order valence-electron chi connectivity index (χ3n) is 2.19. The van der Waals surface area contributed by atoms with E-state index in [4.69, 9.17) is 5.73 Å². The maximum atomic E-state index is 10.7. The van der Waals surface area contributed by atoms with Gasteiger partial charge in [0, 0.05) is 12.3 Å². The van der Waals surface area contributed by atoms with Crippen LogP contribution in [0.3, 0.4) is 0 Å². The van der Waals surface area contributed by atoms with E-state index in [2.05, 4.69) is 9.98 Å². The van der Waals surface area contributed by atoms with Gasteiger partial charge in [-0.25, -0.2) is 0 Å². The van der Waals surface area contributed by atoms with Crippen LogP contribution in [0.5, 0.6) is 0 Å². The summed E-state index contributed by atoms with van der Waals surface area (Å²) < 4.78 is 0. The molecule has 0 bridgehead atoms. The molecular formula is C11H10N4O2. The van der Waals surface area contributed by atoms with Gasteiger partial charge in [0.05, 0.1) is 22.5 Å². The number of aromatic amines is 1. The molecule has 6 heteroatoms. The lowest BCUT2D eigenvalue weighted by atomic mass is 10.2. The van der Waals surface area contributed by atoms with Crippen LogP contribution in [0.1, 0.15) is 5.69 Å². The molecular weight excluding hydrogens is 220 g/mol. The summed E-state index contributed by atoms with van der Waals surface area (Å²) in [5.74, 6) is 0. The van der Waals surface area contributed by atoms with Crippen molar-refractivity contribution in [3.8, 4) is 0 Å². The van der Waals surface area contributed by atoms with Gasteiger partial charge in [0.15, 0.2) is 0 Å². The fourth-order valence-corrected chi connectivity index (χ4v) is 1.34. The van der Waals surface area contributed by atoms with E-state index >= 15 is 0 Å². The van der Waals surface area contributed by atoms with Gasteiger partial charge in [-0.05, 0) is 24.3 Å². The third kappa shape index (κ3) is 2.49. The number of nitro benzene ring substituents is 1. The van der Waals surface area contributed by atoms with Crippen molar-refractivity contribution in [1.82, 2.24) is 4.98 Å². The van der Waals surface area contributed by atoms with Crippen molar-refractivity contribution in [2.45, 2.75) is 0 Å². The van der Waals surface area contributed by atoms with Crippen molar-refractivity contribution >= 4 is 23.3 Å². The van der Waals surface area contributed by atoms with Crippen LogP contribution in [-0.4, -0.2) is 16.1 Å². The number of hydrogen-bond donors (Lipinski definition) is 2. The number of rotatable bonds is 3. The number of aromatic nitrogens is 1. The van der Waals surface area contributed by atoms with Crippen molar-refractivity contribution < 1.29 is 4.92 Å². The zero-order chi connectivity index (χ0) is 12.3. The predicted octanol–water partition coefficient (Wildman–Crippen LogP) is 2.26. The quantitative estimate of drug-likeness (QED) is 0.366. The Kier molecular flexibility index (Phi) is 2.87. The van der Waals surface area contributed by atoms with Gasteiger partial charge in [0.25, 0.3) is 5.69 Å². The van der Waals surface area contributed by atoms with E-state index in [9.17, 15) is 10.1 Å². The van der Waals surface area contributed by atoms with Crippen molar-refractivity contribution in [3.63, 3.8) is 0 Å². The Balaban J connectivity index is 2.28. The number of aliphatic imine (C=N–C) groups is 1. The minimum atomic E-state index is -0.525. The number of H-pyrrole nitrogens is 1. The number of nitrogens with zero attached hydrogens (tertiary/aromatic N) is 2. The summed E-state index contributed by atoms with van der Waals surface area (Å²) in [7, 11) is 0. The highest BCUT2D eigenvalue weighted by Gasteiger charge is 2.11. The Morgan fingerprint density at radius 2 is 2.24 bits per heavy atom. The van der Waals surface area contributed by atoms with Gasteiger partial charge in [-0.1, -0.05) is 0 Å². The van der Waals surface area contributed by atoms with E-state index in [1.54, 1.807) is 18.5 Å². The summed E-state index contributed by atoms with van der Waals surface area (Å²) in [4.78, 5) is 17.2. The molecule has 1 aromatic heterocycles. The van der Waals surface area contributed by atoms with Crippen LogP contribution in [0, 0.1) is 10.1 Å². The van der Waals surface area contributed by atoms with Crippen molar-refractivity contribution in [1.29, 1.82) is 0 Å². The first-order chi connectivity index (χ1) is 8.16. The van der Waals surface area contributed by atoms with Crippen LogP contribution < -0.4 is 5.73 Å². The minimum absolute atomic E-state index is 0.133. The lowest BCUT2D eigenvalue weighted by Gasteiger charge is -1.97. The average molecular weight is 230 g/mol. The number of nitrogens with one attached hydrogen (secondary N) is 1. The molecule has 1 heterocycles. The molecule has 6 nitrogen and oxygen atoms in total. The molecule has 0 spiro atoms. The van der Waals surface area contributed by atoms with Gasteiger partial charge in [0.2, 0.25) is 0 Å². The molecule has 2 rings (SSSR count). The van der Waals surface area contributed by atoms with Crippen molar-refractivity contribution in [2.24, 2.45) is 4.99 Å². The highest BCUT2D eigenvalue weighted by Crippen LogP contribution is 2.26. The van der Waals surface area contributed by atoms with Gasteiger partial charge in [-0.3, -0.25) is 15.1 Å². The Morgan fingerprint density at radius 1 is 1.41 bits per heavy atom. The van der Waals surface area contributed by atoms with Crippen LogP contribution >= 0.6 is 0 Å². The summed E-state index contributed by atoms with van der Waals surface area (Å²) >= 11 is 0. The first-order valence-corrected chi connectivity index (χ1v) is 4.88. The standard InChI is InChI=1S/C11H10N4O2/c12-10-4-3-8(6-11(10)15(16)17)14-7-9-2-1-5-13-9/h1-7,13H,12H2. The normalized spacial score (nSPS) is 10.8. The average Bonchev–Trinajstić information content (AvgIpc) is 2.80. The minimum Gasteiger partial charge on any atom is -0.393 e. The van der Waals surface area contributed by atoms with E-state index in [-0.39, 0.29) is 11.4 Å². The number of anilines is 1. The summed E-state index contributed by atoms with van der Waals surface area (Å²) in [6.45, 7) is 0. The van der Waals surface area contributed by atoms with E-state index in [0.717, 1.165) is 5.69 Å². The molecule has 0 saturated heterocycles. The van der Waals surface area contributed by atoms with Crippen molar-refractivity contribution in [2.75, 3.05) is 5.73 Å². The smallest absolute Gasteiger partial charge is 0.294 e. The zero-order valence-electron chi connectivity index (χ0n) is 8.83. The van der Waals surface area contributed by atoms with E-state index in [0.29, 0.717) is 5.69 Å². The lowest BCUT2D eigenvalue weighted by molar-refractivity contribution is -0.383. The molecule has 0 fully saturated rings. The Morgan fingerprint density at radius 3 is 2.88 bits per heavy atom. The number of benzene rings is 1. The van der Waals surface area contributed by atoms with E-state index in [1.165, 1.54) is 12.1 Å². The highest BCUT2D eigenvalue weighted by atomic mass is 16.6. The highest BCUT2D eigenvalue weighted by molar-refractivity contribution is 5.80. The molecule has 0 aliphatic carbocycles. The van der Waals surface area contributed by atoms with E-state index < -0.39 is 4.92 Å². The summed E-state index contributed by atoms with van der Waals surface area (Å²) in [6, 6.07) is 8.12. The molecule has 0 aliphatic heterocycles. The first kappa shape index (κ1) is 10.9. The molecule has 17 heavy (non-hydrogen) atoms. The van der Waals surface area contributed by atoms with Gasteiger partial charge >= 0.3 is 0 Å². The second kappa shape index (κ2) is 4.48. The second-order valence-corrected chi connectivity index (χ2v) is 3.38. The molecule has 0 saturated carbocycles. The molecule has 0 radical (unpaired) electrons. The van der Waals surface area contributed by atoms with Crippen LogP contribution in [0.25, 0.3) is 0 Å². The molecule has 3 N–H and O–H groups in total. The molecule has 0 unspecified atom stereocenters. The van der Waals surface area contributed by atoms with Gasteiger partial charge in [-0.2, -0.15) is 0 Å². The molecule has 86 valence electrons. The van der Waals surface area contributed by atoms with Crippen LogP contribution in [0.2, 0.25) is 0 Å². The van der Waals surface area contributed by atoms with Crippen LogP contribution in [0.15, 0.2) is 41.5 Å². The topological polar surface area (TPSA) is 97.3 Å². The number of nitro groups is 1. The second-order valence-electron chi connectivity index (χ2n) is 3.38. The SMILES string of the molecule is Nc1ccc(N=Cc2ccc[nH]2)cc1[N+](=O)[O-]. The van der Waals surface area contributed by atoms with Gasteiger partial charge < -0.3 is 10.7 Å². The number of hydrogen-bond acceptors (Lipinski definition) is 4. The molecule has 0 atom stereocenters. The fourth-order valence-electron chi connectivity index (χ4n) is 1.34.